The number of para-hydroxylation sites is 2. The Morgan fingerprint density at radius 2 is 0.851 bits per heavy atom. The molecule has 0 aliphatic heterocycles. The molecule has 228 valence electrons. The molecule has 0 radical (unpaired) electrons. The minimum atomic E-state index is 0.0856. The zero-order chi connectivity index (χ0) is 32.9. The van der Waals surface area contributed by atoms with E-state index in [0.29, 0.717) is 28.1 Å². The lowest BCUT2D eigenvalue weighted by molar-refractivity contribution is 0.837. The normalized spacial score (nSPS) is 10.9. The first-order chi connectivity index (χ1) is 22.9. The van der Waals surface area contributed by atoms with Gasteiger partial charge in [0.05, 0.1) is 22.5 Å². The van der Waals surface area contributed by atoms with E-state index in [0.717, 1.165) is 44.9 Å². The van der Waals surface area contributed by atoms with Crippen LogP contribution in [0.2, 0.25) is 0 Å². The fourth-order valence-electron chi connectivity index (χ4n) is 6.26. The third-order valence-corrected chi connectivity index (χ3v) is 8.48. The molecule has 0 saturated heterocycles. The van der Waals surface area contributed by atoms with Crippen LogP contribution in [0.15, 0.2) is 133 Å². The number of rotatable bonds is 8. The van der Waals surface area contributed by atoms with E-state index in [1.165, 1.54) is 0 Å². The molecular weight excluding hydrogens is 573 g/mol. The average Bonchev–Trinajstić information content (AvgIpc) is 3.12. The van der Waals surface area contributed by atoms with Crippen molar-refractivity contribution in [3.8, 4) is 45.8 Å². The maximum atomic E-state index is 10.9. The number of pyridine rings is 1. The fourth-order valence-corrected chi connectivity index (χ4v) is 6.26. The molecule has 47 heavy (non-hydrogen) atoms. The highest BCUT2D eigenvalue weighted by molar-refractivity contribution is 5.93. The van der Waals surface area contributed by atoms with Crippen molar-refractivity contribution in [3.05, 3.63) is 156 Å². The first kappa shape index (κ1) is 31.0. The number of nitrogens with zero attached hydrogens (tertiary/aromatic N) is 4. The topological polar surface area (TPSA) is 63.7 Å². The van der Waals surface area contributed by atoms with Gasteiger partial charge >= 0.3 is 0 Å². The first-order valence-corrected chi connectivity index (χ1v) is 16.0. The van der Waals surface area contributed by atoms with Crippen molar-refractivity contribution in [2.45, 2.75) is 39.5 Å². The Morgan fingerprint density at radius 3 is 1.19 bits per heavy atom. The minimum Gasteiger partial charge on any atom is -0.310 e. The Balaban J connectivity index is 1.75. The third kappa shape index (κ3) is 6.02. The number of benzene rings is 5. The van der Waals surface area contributed by atoms with Crippen LogP contribution in [0, 0.1) is 22.7 Å². The molecule has 4 heteroatoms. The van der Waals surface area contributed by atoms with Gasteiger partial charge in [0.2, 0.25) is 0 Å². The van der Waals surface area contributed by atoms with Crippen molar-refractivity contribution in [2.24, 2.45) is 0 Å². The van der Waals surface area contributed by atoms with Gasteiger partial charge < -0.3 is 4.90 Å². The Labute approximate surface area is 277 Å². The molecular formula is C43H36N4. The van der Waals surface area contributed by atoms with Crippen LogP contribution in [0.1, 0.15) is 61.8 Å². The predicted molar refractivity (Wildman–Crippen MR) is 193 cm³/mol. The number of hydrogen-bond donors (Lipinski definition) is 0. The van der Waals surface area contributed by atoms with Crippen molar-refractivity contribution in [1.29, 1.82) is 10.5 Å². The minimum absolute atomic E-state index is 0.0856. The Bertz CT molecular complexity index is 1940. The van der Waals surface area contributed by atoms with Crippen LogP contribution < -0.4 is 4.90 Å². The summed E-state index contributed by atoms with van der Waals surface area (Å²) in [5, 5.41) is 21.8. The van der Waals surface area contributed by atoms with Crippen molar-refractivity contribution >= 4 is 17.1 Å². The molecule has 0 fully saturated rings. The standard InChI is InChI=1S/C43H36N4/c1-29(2)36-25-35(47(33-21-13-7-14-22-33)34-23-15-8-16-24-34)26-37(30(3)4)40(36)41-38(27-44)42(31-17-9-5-10-18-31)46-43(39(41)28-45)32-19-11-6-12-20-32/h5-26,29-30H,1-4H3. The van der Waals surface area contributed by atoms with Crippen molar-refractivity contribution in [1.82, 2.24) is 4.98 Å². The molecule has 0 spiro atoms. The Morgan fingerprint density at radius 1 is 0.489 bits per heavy atom. The summed E-state index contributed by atoms with van der Waals surface area (Å²) < 4.78 is 0. The van der Waals surface area contributed by atoms with Crippen LogP contribution >= 0.6 is 0 Å². The van der Waals surface area contributed by atoms with Gasteiger partial charge in [-0.25, -0.2) is 4.98 Å². The summed E-state index contributed by atoms with van der Waals surface area (Å²) in [7, 11) is 0. The number of nitriles is 2. The van der Waals surface area contributed by atoms with Crippen LogP contribution in [-0.4, -0.2) is 4.98 Å². The second-order valence-corrected chi connectivity index (χ2v) is 12.2. The van der Waals surface area contributed by atoms with Crippen molar-refractivity contribution < 1.29 is 0 Å². The lowest BCUT2D eigenvalue weighted by atomic mass is 9.80. The van der Waals surface area contributed by atoms with E-state index in [1.54, 1.807) is 0 Å². The molecule has 0 unspecified atom stereocenters. The second kappa shape index (κ2) is 13.6. The van der Waals surface area contributed by atoms with E-state index in [4.69, 9.17) is 4.98 Å². The van der Waals surface area contributed by atoms with E-state index in [2.05, 4.69) is 105 Å². The van der Waals surface area contributed by atoms with Gasteiger partial charge in [0.15, 0.2) is 0 Å². The molecule has 5 aromatic carbocycles. The summed E-state index contributed by atoms with van der Waals surface area (Å²) in [5.41, 5.74) is 10.5. The molecule has 0 N–H and O–H groups in total. The molecule has 4 nitrogen and oxygen atoms in total. The van der Waals surface area contributed by atoms with E-state index in [9.17, 15) is 10.5 Å². The van der Waals surface area contributed by atoms with Crippen LogP contribution in [0.25, 0.3) is 33.6 Å². The molecule has 1 heterocycles. The van der Waals surface area contributed by atoms with Gasteiger partial charge in [-0.05, 0) is 64.9 Å². The van der Waals surface area contributed by atoms with Crippen LogP contribution in [0.5, 0.6) is 0 Å². The quantitative estimate of drug-likeness (QED) is 0.172. The lowest BCUT2D eigenvalue weighted by Gasteiger charge is -2.30. The molecule has 1 aromatic heterocycles. The summed E-state index contributed by atoms with van der Waals surface area (Å²) in [6, 6.07) is 49.8. The monoisotopic (exact) mass is 608 g/mol. The third-order valence-electron chi connectivity index (χ3n) is 8.48. The maximum Gasteiger partial charge on any atom is 0.102 e. The van der Waals surface area contributed by atoms with E-state index in [1.807, 2.05) is 72.8 Å². The van der Waals surface area contributed by atoms with Gasteiger partial charge in [0, 0.05) is 33.8 Å². The molecule has 0 bridgehead atoms. The van der Waals surface area contributed by atoms with Crippen LogP contribution in [-0.2, 0) is 0 Å². The smallest absolute Gasteiger partial charge is 0.102 e. The fraction of sp³-hybridized carbons (Fsp3) is 0.140. The van der Waals surface area contributed by atoms with E-state index >= 15 is 0 Å². The summed E-state index contributed by atoms with van der Waals surface area (Å²) in [4.78, 5) is 7.34. The van der Waals surface area contributed by atoms with Gasteiger partial charge in [-0.15, -0.1) is 0 Å². The highest BCUT2D eigenvalue weighted by Gasteiger charge is 2.29. The summed E-state index contributed by atoms with van der Waals surface area (Å²) in [5.74, 6) is 0.171. The average molecular weight is 609 g/mol. The summed E-state index contributed by atoms with van der Waals surface area (Å²) in [6.45, 7) is 8.71. The lowest BCUT2D eigenvalue weighted by Crippen LogP contribution is -2.13. The molecule has 0 saturated carbocycles. The largest absolute Gasteiger partial charge is 0.310 e. The molecule has 6 rings (SSSR count). The van der Waals surface area contributed by atoms with Crippen molar-refractivity contribution in [3.63, 3.8) is 0 Å². The zero-order valence-electron chi connectivity index (χ0n) is 27.1. The highest BCUT2D eigenvalue weighted by Crippen LogP contribution is 2.47. The molecule has 0 aliphatic carbocycles. The van der Waals surface area contributed by atoms with Gasteiger partial charge in [0.1, 0.15) is 12.1 Å². The zero-order valence-corrected chi connectivity index (χ0v) is 27.1. The van der Waals surface area contributed by atoms with Crippen molar-refractivity contribution in [2.75, 3.05) is 4.90 Å². The Kier molecular flexibility index (Phi) is 8.96. The Hall–Kier alpha value is -5.97. The molecule has 6 aromatic rings. The highest BCUT2D eigenvalue weighted by atomic mass is 15.1. The summed E-state index contributed by atoms with van der Waals surface area (Å²) in [6.07, 6.45) is 0. The van der Waals surface area contributed by atoms with Gasteiger partial charge in [-0.3, -0.25) is 0 Å². The van der Waals surface area contributed by atoms with Gasteiger partial charge in [-0.2, -0.15) is 10.5 Å². The SMILES string of the molecule is CC(C)c1cc(N(c2ccccc2)c2ccccc2)cc(C(C)C)c1-c1c(C#N)c(-c2ccccc2)nc(-c2ccccc2)c1C#N. The second-order valence-electron chi connectivity index (χ2n) is 12.2. The maximum absolute atomic E-state index is 10.9. The summed E-state index contributed by atoms with van der Waals surface area (Å²) >= 11 is 0. The first-order valence-electron chi connectivity index (χ1n) is 16.0. The number of aromatic nitrogens is 1. The van der Waals surface area contributed by atoms with Gasteiger partial charge in [0.25, 0.3) is 0 Å². The van der Waals surface area contributed by atoms with E-state index in [-0.39, 0.29) is 11.8 Å². The molecule has 0 aliphatic rings. The van der Waals surface area contributed by atoms with E-state index < -0.39 is 0 Å². The number of anilines is 3. The molecule has 0 atom stereocenters. The van der Waals surface area contributed by atoms with Crippen LogP contribution in [0.4, 0.5) is 17.1 Å². The van der Waals surface area contributed by atoms with Crippen LogP contribution in [0.3, 0.4) is 0 Å². The molecule has 0 amide bonds. The van der Waals surface area contributed by atoms with Gasteiger partial charge in [-0.1, -0.05) is 125 Å². The number of hydrogen-bond acceptors (Lipinski definition) is 4. The predicted octanol–water partition coefficient (Wildman–Crippen LogP) is 11.5.